The van der Waals surface area contributed by atoms with Crippen LogP contribution in [0, 0.1) is 5.92 Å². The number of ketones is 1. The number of aromatic nitrogens is 4. The third kappa shape index (κ3) is 6.14. The third-order valence-electron chi connectivity index (χ3n) is 8.30. The number of benzene rings is 2. The number of carbonyl (C=O) groups is 2. The fraction of sp³-hybridized carbons (Fsp3) is 0.344. The van der Waals surface area contributed by atoms with Crippen LogP contribution in [0.1, 0.15) is 60.6 Å². The molecule has 1 amide bonds. The van der Waals surface area contributed by atoms with Crippen molar-refractivity contribution in [2.45, 2.75) is 63.1 Å². The number of nitrogens with zero attached hydrogens (tertiary/aromatic N) is 4. The maximum atomic E-state index is 13.6. The average molecular weight is 621 g/mol. The lowest BCUT2D eigenvalue weighted by molar-refractivity contribution is -0.119. The molecule has 9 nitrogen and oxygen atoms in total. The van der Waals surface area contributed by atoms with Crippen LogP contribution in [-0.4, -0.2) is 49.5 Å². The van der Waals surface area contributed by atoms with Crippen LogP contribution in [0.15, 0.2) is 67.3 Å². The molecule has 1 aliphatic heterocycles. The smallest absolute Gasteiger partial charge is 0.420 e. The first-order chi connectivity index (χ1) is 21.1. The van der Waals surface area contributed by atoms with Gasteiger partial charge in [-0.25, -0.2) is 0 Å². The first-order valence-electron chi connectivity index (χ1n) is 14.5. The van der Waals surface area contributed by atoms with Gasteiger partial charge in [0.25, 0.3) is 5.91 Å². The highest BCUT2D eigenvalue weighted by Gasteiger charge is 2.49. The zero-order chi connectivity index (χ0) is 31.0. The summed E-state index contributed by atoms with van der Waals surface area (Å²) < 4.78 is 30.3. The topological polar surface area (TPSA) is 113 Å². The molecule has 3 heterocycles. The van der Waals surface area contributed by atoms with Crippen LogP contribution < -0.4 is 15.0 Å². The van der Waals surface area contributed by atoms with Crippen LogP contribution in [0.3, 0.4) is 0 Å². The summed E-state index contributed by atoms with van der Waals surface area (Å²) >= 11 is 4.85. The molecule has 3 atom stereocenters. The summed E-state index contributed by atoms with van der Waals surface area (Å²) in [6, 6.07) is 11.4. The van der Waals surface area contributed by atoms with E-state index >= 15 is 0 Å². The van der Waals surface area contributed by atoms with Gasteiger partial charge in [-0.2, -0.15) is 5.10 Å². The molecular weight excluding hydrogens is 590 g/mol. The molecule has 44 heavy (non-hydrogen) atoms. The summed E-state index contributed by atoms with van der Waals surface area (Å²) in [5.41, 5.74) is 1.44. The average Bonchev–Trinajstić information content (AvgIpc) is 3.71. The normalized spacial score (nSPS) is 19.1. The second kappa shape index (κ2) is 12.0. The molecule has 3 unspecified atom stereocenters. The van der Waals surface area contributed by atoms with Crippen molar-refractivity contribution < 1.29 is 23.1 Å². The predicted octanol–water partition coefficient (Wildman–Crippen LogP) is 6.58. The van der Waals surface area contributed by atoms with Gasteiger partial charge in [0, 0.05) is 77.6 Å². The number of hydrogen-bond donors (Lipinski definition) is 2. The van der Waals surface area contributed by atoms with E-state index in [0.29, 0.717) is 23.4 Å². The number of aromatic amines is 1. The Kier molecular flexibility index (Phi) is 8.06. The van der Waals surface area contributed by atoms with E-state index in [-0.39, 0.29) is 47.8 Å². The molecule has 6 rings (SSSR count). The lowest BCUT2D eigenvalue weighted by Crippen LogP contribution is -2.42. The predicted molar refractivity (Wildman–Crippen MR) is 162 cm³/mol. The maximum absolute atomic E-state index is 13.6. The van der Waals surface area contributed by atoms with Crippen molar-refractivity contribution in [1.82, 2.24) is 20.2 Å². The monoisotopic (exact) mass is 620 g/mol. The summed E-state index contributed by atoms with van der Waals surface area (Å²) in [5, 5.41) is 10.1. The number of fused-ring (bicyclic) bond motifs is 3. The number of anilines is 2. The fourth-order valence-corrected chi connectivity index (χ4v) is 6.79. The van der Waals surface area contributed by atoms with Crippen LogP contribution in [0.2, 0.25) is 0 Å². The molecule has 0 spiro atoms. The molecule has 2 aliphatic rings. The Morgan fingerprint density at radius 1 is 1.14 bits per heavy atom. The molecule has 1 saturated carbocycles. The summed E-state index contributed by atoms with van der Waals surface area (Å²) in [5.74, 6) is -0.0568. The minimum atomic E-state index is -3.83. The second-order valence-electron chi connectivity index (χ2n) is 11.5. The van der Waals surface area contributed by atoms with E-state index in [1.54, 1.807) is 24.8 Å². The van der Waals surface area contributed by atoms with Crippen LogP contribution in [0.5, 0.6) is 5.75 Å². The second-order valence-corrected chi connectivity index (χ2v) is 12.0. The van der Waals surface area contributed by atoms with Crippen LogP contribution >= 0.6 is 11.6 Å². The largest absolute Gasteiger partial charge is 0.487 e. The van der Waals surface area contributed by atoms with Crippen LogP contribution in [0.4, 0.5) is 20.2 Å². The molecular formula is C32H31ClF2N6O3. The Morgan fingerprint density at radius 3 is 2.59 bits per heavy atom. The molecule has 2 aromatic carbocycles. The van der Waals surface area contributed by atoms with Gasteiger partial charge in [-0.15, -0.1) is 8.78 Å². The number of hydrogen-bond acceptors (Lipinski definition) is 7. The Hall–Kier alpha value is -4.38. The maximum Gasteiger partial charge on any atom is 0.487 e. The van der Waals surface area contributed by atoms with Crippen molar-refractivity contribution >= 4 is 34.7 Å². The molecule has 12 heteroatoms. The Labute approximate surface area is 258 Å². The number of carbonyl (C=O) groups excluding carboxylic acids is 2. The van der Waals surface area contributed by atoms with E-state index < -0.39 is 5.57 Å². The number of halogens is 3. The van der Waals surface area contributed by atoms with Crippen molar-refractivity contribution in [3.05, 3.63) is 84.1 Å². The number of rotatable bonds is 10. The highest BCUT2D eigenvalue weighted by Crippen LogP contribution is 2.56. The standard InChI is InChI=1S/C32H31ClF2N6O3/c1-18(2)41-29-19(13-23(42)16-22-17-36-11-12-37-22)3-8-25(29)26-14-20(15-27(30(26)41)28-9-10-38-40-28)31(43)39-21-4-6-24(7-5-21)44-32(33,34)35/h4-7,9-12,14-15,17-19,25,29H,3,8,13,16H2,1-2H3,(H,38,40)(H,39,43). The number of H-pyrrole nitrogens is 1. The van der Waals surface area contributed by atoms with Gasteiger partial charge in [-0.05, 0) is 80.6 Å². The highest BCUT2D eigenvalue weighted by atomic mass is 35.5. The minimum Gasteiger partial charge on any atom is -0.420 e. The quantitative estimate of drug-likeness (QED) is 0.193. The van der Waals surface area contributed by atoms with E-state index in [2.05, 4.69) is 49.0 Å². The van der Waals surface area contributed by atoms with Gasteiger partial charge in [0.05, 0.1) is 23.5 Å². The van der Waals surface area contributed by atoms with Gasteiger partial charge in [0.2, 0.25) is 0 Å². The first kappa shape index (κ1) is 29.7. The zero-order valence-electron chi connectivity index (χ0n) is 24.1. The Morgan fingerprint density at radius 2 is 1.93 bits per heavy atom. The molecule has 2 aromatic heterocycles. The minimum absolute atomic E-state index is 0.100. The van der Waals surface area contributed by atoms with E-state index in [1.165, 1.54) is 24.3 Å². The lowest BCUT2D eigenvalue weighted by Gasteiger charge is -2.36. The summed E-state index contributed by atoms with van der Waals surface area (Å²) in [6.07, 6.45) is 8.98. The molecule has 0 bridgehead atoms. The van der Waals surface area contributed by atoms with Gasteiger partial charge in [0.15, 0.2) is 0 Å². The van der Waals surface area contributed by atoms with Crippen molar-refractivity contribution in [3.63, 3.8) is 0 Å². The lowest BCUT2D eigenvalue weighted by atomic mass is 9.90. The molecule has 1 fully saturated rings. The van der Waals surface area contributed by atoms with E-state index in [1.807, 2.05) is 18.2 Å². The summed E-state index contributed by atoms with van der Waals surface area (Å²) in [6.45, 7) is 4.29. The first-order valence-corrected chi connectivity index (χ1v) is 14.8. The van der Waals surface area contributed by atoms with Crippen molar-refractivity contribution in [1.29, 1.82) is 0 Å². The summed E-state index contributed by atoms with van der Waals surface area (Å²) in [7, 11) is 0. The van der Waals surface area contributed by atoms with Crippen LogP contribution in [0.25, 0.3) is 11.3 Å². The molecule has 4 aromatic rings. The van der Waals surface area contributed by atoms with Crippen molar-refractivity contribution in [2.24, 2.45) is 5.92 Å². The molecule has 1 aliphatic carbocycles. The zero-order valence-corrected chi connectivity index (χ0v) is 24.9. The van der Waals surface area contributed by atoms with Crippen molar-refractivity contribution in [2.75, 3.05) is 10.2 Å². The van der Waals surface area contributed by atoms with Gasteiger partial charge in [0.1, 0.15) is 11.5 Å². The van der Waals surface area contributed by atoms with E-state index in [0.717, 1.165) is 35.3 Å². The van der Waals surface area contributed by atoms with Gasteiger partial charge in [-0.3, -0.25) is 24.7 Å². The third-order valence-corrected chi connectivity index (χ3v) is 8.38. The number of Topliss-reactive ketones (excluding diaryl/α,β-unsaturated/α-hetero) is 1. The fourth-order valence-electron chi connectivity index (χ4n) is 6.70. The highest BCUT2D eigenvalue weighted by molar-refractivity contribution is 6.20. The molecule has 0 saturated heterocycles. The Balaban J connectivity index is 1.30. The van der Waals surface area contributed by atoms with E-state index in [9.17, 15) is 18.4 Å². The Bertz CT molecular complexity index is 1650. The van der Waals surface area contributed by atoms with Gasteiger partial charge in [-0.1, -0.05) is 0 Å². The SMILES string of the molecule is CC(C)N1c2c(-c3ccn[nH]3)cc(C(=O)Nc3ccc(OC(F)(F)Cl)cc3)cc2C2CCC(CC(=O)Cc3cnccn3)C21. The number of amides is 1. The van der Waals surface area contributed by atoms with Crippen molar-refractivity contribution in [3.8, 4) is 17.0 Å². The van der Waals surface area contributed by atoms with E-state index in [4.69, 9.17) is 11.6 Å². The number of alkyl halides is 3. The van der Waals surface area contributed by atoms with Crippen LogP contribution in [-0.2, 0) is 11.2 Å². The molecule has 2 N–H and O–H groups in total. The number of nitrogens with one attached hydrogen (secondary N) is 2. The molecule has 0 radical (unpaired) electrons. The molecule has 228 valence electrons. The summed E-state index contributed by atoms with van der Waals surface area (Å²) in [4.78, 5) is 37.5. The van der Waals surface area contributed by atoms with Gasteiger partial charge >= 0.3 is 5.57 Å². The van der Waals surface area contributed by atoms with Gasteiger partial charge < -0.3 is 15.0 Å². The number of ether oxygens (including phenoxy) is 1.